The molecule has 9 heavy (non-hydrogen) atoms. The molecule has 0 saturated carbocycles. The van der Waals surface area contributed by atoms with E-state index in [1.165, 1.54) is 0 Å². The fraction of sp³-hybridized carbons (Fsp3) is 0.800. The van der Waals surface area contributed by atoms with E-state index in [-0.39, 0.29) is 0 Å². The Balaban J connectivity index is 2.83. The molecule has 0 spiro atoms. The van der Waals surface area contributed by atoms with Crippen molar-refractivity contribution in [3.05, 3.63) is 0 Å². The summed E-state index contributed by atoms with van der Waals surface area (Å²) in [4.78, 5) is 0. The summed E-state index contributed by atoms with van der Waals surface area (Å²) in [6, 6.07) is 0. The van der Waals surface area contributed by atoms with Crippen LogP contribution in [0.15, 0.2) is 0 Å². The van der Waals surface area contributed by atoms with Crippen molar-refractivity contribution in [2.75, 3.05) is 19.8 Å². The molecule has 4 heteroatoms. The molecule has 1 N–H and O–H groups in total. The van der Waals surface area contributed by atoms with Crippen LogP contribution in [0.3, 0.4) is 0 Å². The number of thiocarbonyl (C=S) groups is 1. The van der Waals surface area contributed by atoms with Gasteiger partial charge in [-0.1, -0.05) is 12.2 Å². The van der Waals surface area contributed by atoms with Crippen molar-refractivity contribution in [1.82, 2.24) is 5.32 Å². The van der Waals surface area contributed by atoms with E-state index in [1.807, 2.05) is 6.92 Å². The summed E-state index contributed by atoms with van der Waals surface area (Å²) < 4.78 is 5.55. The molecule has 2 nitrogen and oxygen atoms in total. The predicted molar refractivity (Wildman–Crippen MR) is 46.1 cm³/mol. The van der Waals surface area contributed by atoms with Crippen molar-refractivity contribution in [3.8, 4) is 0 Å². The van der Waals surface area contributed by atoms with Crippen molar-refractivity contribution in [1.29, 1.82) is 0 Å². The molecule has 0 rings (SSSR count). The van der Waals surface area contributed by atoms with Gasteiger partial charge in [-0.15, -0.1) is 12.6 Å². The third-order valence-corrected chi connectivity index (χ3v) is 1.03. The van der Waals surface area contributed by atoms with Crippen LogP contribution in [0.25, 0.3) is 0 Å². The molecular formula is C5H11NOS2. The first kappa shape index (κ1) is 9.20. The van der Waals surface area contributed by atoms with E-state index in [4.69, 9.17) is 4.74 Å². The molecular weight excluding hydrogens is 154 g/mol. The minimum Gasteiger partial charge on any atom is -0.380 e. The van der Waals surface area contributed by atoms with Gasteiger partial charge >= 0.3 is 0 Å². The van der Waals surface area contributed by atoms with E-state index in [2.05, 4.69) is 30.2 Å². The zero-order chi connectivity index (χ0) is 7.11. The third-order valence-electron chi connectivity index (χ3n) is 0.727. The summed E-state index contributed by atoms with van der Waals surface area (Å²) in [5.74, 6) is 0. The van der Waals surface area contributed by atoms with Crippen LogP contribution in [-0.2, 0) is 4.74 Å². The molecule has 54 valence electrons. The summed E-state index contributed by atoms with van der Waals surface area (Å²) in [7, 11) is 0. The molecule has 0 unspecified atom stereocenters. The summed E-state index contributed by atoms with van der Waals surface area (Å²) in [5.41, 5.74) is 0. The molecule has 0 amide bonds. The Morgan fingerprint density at radius 2 is 2.44 bits per heavy atom. The van der Waals surface area contributed by atoms with Gasteiger partial charge in [0.25, 0.3) is 0 Å². The second kappa shape index (κ2) is 6.32. The van der Waals surface area contributed by atoms with Gasteiger partial charge in [-0.05, 0) is 6.92 Å². The van der Waals surface area contributed by atoms with Gasteiger partial charge in [0.1, 0.15) is 4.32 Å². The predicted octanol–water partition coefficient (Wildman–Crippen LogP) is 0.827. The average molecular weight is 165 g/mol. The molecule has 0 bridgehead atoms. The first-order valence-electron chi connectivity index (χ1n) is 2.82. The van der Waals surface area contributed by atoms with E-state index in [9.17, 15) is 0 Å². The molecule has 0 aromatic heterocycles. The van der Waals surface area contributed by atoms with E-state index in [0.29, 0.717) is 10.9 Å². The van der Waals surface area contributed by atoms with Gasteiger partial charge in [0, 0.05) is 13.2 Å². The maximum absolute atomic E-state index is 5.03. The fourth-order valence-corrected chi connectivity index (χ4v) is 0.588. The van der Waals surface area contributed by atoms with E-state index in [1.54, 1.807) is 0 Å². The molecule has 0 saturated heterocycles. The molecule has 0 radical (unpaired) electrons. The van der Waals surface area contributed by atoms with Gasteiger partial charge in [0.15, 0.2) is 0 Å². The topological polar surface area (TPSA) is 21.3 Å². The van der Waals surface area contributed by atoms with Crippen LogP contribution in [0, 0.1) is 0 Å². The number of rotatable bonds is 4. The zero-order valence-corrected chi connectivity index (χ0v) is 7.10. The van der Waals surface area contributed by atoms with E-state index >= 15 is 0 Å². The Labute approximate surface area is 66.4 Å². The van der Waals surface area contributed by atoms with Crippen molar-refractivity contribution in [3.63, 3.8) is 0 Å². The lowest BCUT2D eigenvalue weighted by molar-refractivity contribution is 0.153. The number of thiol groups is 1. The van der Waals surface area contributed by atoms with Gasteiger partial charge < -0.3 is 10.1 Å². The van der Waals surface area contributed by atoms with Crippen LogP contribution in [-0.4, -0.2) is 24.1 Å². The monoisotopic (exact) mass is 165 g/mol. The molecule has 0 aliphatic heterocycles. The van der Waals surface area contributed by atoms with Crippen molar-refractivity contribution in [2.24, 2.45) is 0 Å². The highest BCUT2D eigenvalue weighted by molar-refractivity contribution is 8.11. The number of nitrogens with one attached hydrogen (secondary N) is 1. The Bertz CT molecular complexity index is 87.0. The van der Waals surface area contributed by atoms with E-state index in [0.717, 1.165) is 13.2 Å². The molecule has 0 heterocycles. The minimum absolute atomic E-state index is 0.523. The molecule has 0 atom stereocenters. The maximum atomic E-state index is 5.03. The maximum Gasteiger partial charge on any atom is 0.130 e. The quantitative estimate of drug-likeness (QED) is 0.366. The van der Waals surface area contributed by atoms with Gasteiger partial charge in [0.05, 0.1) is 6.61 Å². The summed E-state index contributed by atoms with van der Waals surface area (Å²) in [6.45, 7) is 4.15. The normalized spacial score (nSPS) is 9.11. The van der Waals surface area contributed by atoms with Crippen LogP contribution in [0.4, 0.5) is 0 Å². The summed E-state index contributed by atoms with van der Waals surface area (Å²) in [5, 5.41) is 2.85. The largest absolute Gasteiger partial charge is 0.380 e. The lowest BCUT2D eigenvalue weighted by Gasteiger charge is -2.01. The van der Waals surface area contributed by atoms with Crippen molar-refractivity contribution < 1.29 is 4.74 Å². The smallest absolute Gasteiger partial charge is 0.130 e. The second-order valence-corrected chi connectivity index (χ2v) is 2.59. The van der Waals surface area contributed by atoms with Crippen LogP contribution in [0.2, 0.25) is 0 Å². The first-order valence-corrected chi connectivity index (χ1v) is 3.67. The van der Waals surface area contributed by atoms with Crippen molar-refractivity contribution in [2.45, 2.75) is 6.92 Å². The number of hydrogen-bond donors (Lipinski definition) is 2. The molecule has 0 aromatic carbocycles. The summed E-state index contributed by atoms with van der Waals surface area (Å²) in [6.07, 6.45) is 0. The lowest BCUT2D eigenvalue weighted by Crippen LogP contribution is -2.21. The molecule has 0 aliphatic rings. The lowest BCUT2D eigenvalue weighted by atomic mass is 10.7. The van der Waals surface area contributed by atoms with Crippen LogP contribution >= 0.6 is 24.8 Å². The summed E-state index contributed by atoms with van der Waals surface area (Å²) >= 11 is 8.51. The number of ether oxygens (including phenoxy) is 1. The Morgan fingerprint density at radius 1 is 1.78 bits per heavy atom. The molecule has 0 fully saturated rings. The highest BCUT2D eigenvalue weighted by Gasteiger charge is 1.85. The first-order chi connectivity index (χ1) is 4.27. The fourth-order valence-electron chi connectivity index (χ4n) is 0.374. The van der Waals surface area contributed by atoms with Crippen LogP contribution < -0.4 is 5.32 Å². The van der Waals surface area contributed by atoms with Crippen LogP contribution in [0.5, 0.6) is 0 Å². The second-order valence-electron chi connectivity index (χ2n) is 1.43. The average Bonchev–Trinajstić information content (AvgIpc) is 1.80. The highest BCUT2D eigenvalue weighted by Crippen LogP contribution is 1.76. The molecule has 0 aromatic rings. The third kappa shape index (κ3) is 8.20. The standard InChI is InChI=1S/C5H11NOS2/c1-2-7-4-3-6-5(8)9/h2-4H2,1H3,(H2,6,8,9). The minimum atomic E-state index is 0.523. The highest BCUT2D eigenvalue weighted by atomic mass is 32.1. The van der Waals surface area contributed by atoms with Gasteiger partial charge in [0.2, 0.25) is 0 Å². The van der Waals surface area contributed by atoms with Gasteiger partial charge in [-0.25, -0.2) is 0 Å². The van der Waals surface area contributed by atoms with E-state index < -0.39 is 0 Å². The van der Waals surface area contributed by atoms with Crippen LogP contribution in [0.1, 0.15) is 6.92 Å². The zero-order valence-electron chi connectivity index (χ0n) is 5.39. The Morgan fingerprint density at radius 3 is 2.89 bits per heavy atom. The Hall–Kier alpha value is 0.200. The number of hydrogen-bond acceptors (Lipinski definition) is 2. The Kier molecular flexibility index (Phi) is 6.46. The van der Waals surface area contributed by atoms with Gasteiger partial charge in [-0.3, -0.25) is 0 Å². The molecule has 0 aliphatic carbocycles. The van der Waals surface area contributed by atoms with Crippen molar-refractivity contribution >= 4 is 29.2 Å². The SMILES string of the molecule is CCOCCNC(=S)S. The van der Waals surface area contributed by atoms with Gasteiger partial charge in [-0.2, -0.15) is 0 Å².